The fourth-order valence-corrected chi connectivity index (χ4v) is 3.45. The first kappa shape index (κ1) is 14.4. The summed E-state index contributed by atoms with van der Waals surface area (Å²) in [6.07, 6.45) is 6.64. The van der Waals surface area contributed by atoms with Crippen molar-refractivity contribution in [2.24, 2.45) is 0 Å². The molecule has 0 spiro atoms. The summed E-state index contributed by atoms with van der Waals surface area (Å²) in [7, 11) is 0. The fraction of sp³-hybridized carbons (Fsp3) is 0.421. The van der Waals surface area contributed by atoms with Gasteiger partial charge in [0.25, 0.3) is 0 Å². The lowest BCUT2D eigenvalue weighted by atomic mass is 9.66. The van der Waals surface area contributed by atoms with Crippen molar-refractivity contribution in [2.45, 2.75) is 51.9 Å². The first-order chi connectivity index (χ1) is 11.1. The molecular formula is C19H22N4. The average Bonchev–Trinajstić information content (AvgIpc) is 2.95. The van der Waals surface area contributed by atoms with Crippen molar-refractivity contribution in [2.75, 3.05) is 0 Å². The normalized spacial score (nSPS) is 16.5. The molecule has 2 aromatic heterocycles. The molecule has 1 saturated carbocycles. The molecule has 0 bridgehead atoms. The van der Waals surface area contributed by atoms with Crippen LogP contribution in [0.2, 0.25) is 0 Å². The summed E-state index contributed by atoms with van der Waals surface area (Å²) in [6, 6.07) is 8.75. The van der Waals surface area contributed by atoms with Crippen molar-refractivity contribution in [3.8, 4) is 5.82 Å². The van der Waals surface area contributed by atoms with Crippen molar-refractivity contribution in [3.63, 3.8) is 0 Å². The molecule has 4 rings (SSSR count). The molecule has 4 nitrogen and oxygen atoms in total. The van der Waals surface area contributed by atoms with Crippen molar-refractivity contribution in [3.05, 3.63) is 47.5 Å². The van der Waals surface area contributed by atoms with E-state index in [1.54, 1.807) is 0 Å². The number of hydrogen-bond donors (Lipinski definition) is 0. The third-order valence-corrected chi connectivity index (χ3v) is 5.15. The first-order valence-corrected chi connectivity index (χ1v) is 8.42. The highest BCUT2D eigenvalue weighted by Crippen LogP contribution is 2.43. The molecule has 4 heteroatoms. The third kappa shape index (κ3) is 2.33. The number of benzene rings is 1. The predicted molar refractivity (Wildman–Crippen MR) is 92.0 cm³/mol. The van der Waals surface area contributed by atoms with E-state index in [2.05, 4.69) is 47.1 Å². The minimum Gasteiger partial charge on any atom is -0.238 e. The van der Waals surface area contributed by atoms with Crippen LogP contribution >= 0.6 is 0 Å². The average molecular weight is 306 g/mol. The van der Waals surface area contributed by atoms with Crippen molar-refractivity contribution in [1.29, 1.82) is 0 Å². The summed E-state index contributed by atoms with van der Waals surface area (Å²) in [6.45, 7) is 6.45. The number of fused-ring (bicyclic) bond motifs is 1. The lowest BCUT2D eigenvalue weighted by Crippen LogP contribution is -2.30. The van der Waals surface area contributed by atoms with Crippen LogP contribution in [0.5, 0.6) is 0 Å². The highest BCUT2D eigenvalue weighted by atomic mass is 15.3. The zero-order valence-electron chi connectivity index (χ0n) is 14.0. The molecule has 2 heterocycles. The van der Waals surface area contributed by atoms with E-state index in [-0.39, 0.29) is 0 Å². The minimum absolute atomic E-state index is 0.333. The standard InChI is InChI=1S/C19H22N4/c1-4-17-21-13(2)10-18(22-17)23-16-11-15(19(3)8-5-9-19)7-6-14(16)12-20-23/h6-7,10-12H,4-5,8-9H2,1-3H3. The quantitative estimate of drug-likeness (QED) is 0.731. The molecule has 0 unspecified atom stereocenters. The van der Waals surface area contributed by atoms with Gasteiger partial charge in [-0.2, -0.15) is 5.10 Å². The van der Waals surface area contributed by atoms with E-state index >= 15 is 0 Å². The number of aromatic nitrogens is 4. The fourth-order valence-electron chi connectivity index (χ4n) is 3.45. The number of nitrogens with zero attached hydrogens (tertiary/aromatic N) is 4. The molecule has 1 aromatic carbocycles. The van der Waals surface area contributed by atoms with E-state index in [9.17, 15) is 0 Å². The Hall–Kier alpha value is -2.23. The van der Waals surface area contributed by atoms with Crippen molar-refractivity contribution < 1.29 is 0 Å². The van der Waals surface area contributed by atoms with Crippen LogP contribution in [-0.4, -0.2) is 19.7 Å². The topological polar surface area (TPSA) is 43.6 Å². The zero-order valence-corrected chi connectivity index (χ0v) is 14.0. The van der Waals surface area contributed by atoms with Gasteiger partial charge in [0, 0.05) is 23.6 Å². The van der Waals surface area contributed by atoms with Gasteiger partial charge in [-0.25, -0.2) is 14.6 Å². The molecule has 3 aromatic rings. The van der Waals surface area contributed by atoms with Crippen LogP contribution in [0.1, 0.15) is 50.2 Å². The van der Waals surface area contributed by atoms with Crippen LogP contribution in [0.25, 0.3) is 16.7 Å². The van der Waals surface area contributed by atoms with Gasteiger partial charge >= 0.3 is 0 Å². The van der Waals surface area contributed by atoms with Crippen LogP contribution in [0.15, 0.2) is 30.5 Å². The first-order valence-electron chi connectivity index (χ1n) is 8.42. The summed E-state index contributed by atoms with van der Waals surface area (Å²) >= 11 is 0. The second-order valence-electron chi connectivity index (χ2n) is 6.88. The maximum absolute atomic E-state index is 4.66. The largest absolute Gasteiger partial charge is 0.238 e. The SMILES string of the molecule is CCc1nc(C)cc(-n2ncc3ccc(C4(C)CCC4)cc32)n1. The number of rotatable bonds is 3. The van der Waals surface area contributed by atoms with Gasteiger partial charge in [0.1, 0.15) is 5.82 Å². The van der Waals surface area contributed by atoms with Gasteiger partial charge in [0.15, 0.2) is 5.82 Å². The highest BCUT2D eigenvalue weighted by Gasteiger charge is 2.33. The molecule has 0 amide bonds. The predicted octanol–water partition coefficient (Wildman–Crippen LogP) is 4.13. The Morgan fingerprint density at radius 1 is 1.17 bits per heavy atom. The van der Waals surface area contributed by atoms with Crippen LogP contribution < -0.4 is 0 Å². The summed E-state index contributed by atoms with van der Waals surface area (Å²) in [5.41, 5.74) is 3.87. The van der Waals surface area contributed by atoms with E-state index in [1.165, 1.54) is 24.8 Å². The maximum Gasteiger partial charge on any atom is 0.157 e. The van der Waals surface area contributed by atoms with Crippen LogP contribution in [0.4, 0.5) is 0 Å². The number of hydrogen-bond acceptors (Lipinski definition) is 3. The Balaban J connectivity index is 1.87. The Kier molecular flexibility index (Phi) is 3.22. The summed E-state index contributed by atoms with van der Waals surface area (Å²) < 4.78 is 1.95. The molecule has 1 aliphatic carbocycles. The van der Waals surface area contributed by atoms with Gasteiger partial charge in [0.05, 0.1) is 11.7 Å². The summed E-state index contributed by atoms with van der Waals surface area (Å²) in [4.78, 5) is 9.13. The molecule has 0 radical (unpaired) electrons. The smallest absolute Gasteiger partial charge is 0.157 e. The van der Waals surface area contributed by atoms with E-state index in [1.807, 2.05) is 23.9 Å². The van der Waals surface area contributed by atoms with Gasteiger partial charge in [-0.05, 0) is 36.8 Å². The Bertz CT molecular complexity index is 874. The molecule has 118 valence electrons. The monoisotopic (exact) mass is 306 g/mol. The van der Waals surface area contributed by atoms with Gasteiger partial charge in [-0.15, -0.1) is 0 Å². The molecule has 1 fully saturated rings. The molecule has 0 aliphatic heterocycles. The Morgan fingerprint density at radius 3 is 2.70 bits per heavy atom. The molecule has 0 atom stereocenters. The Labute approximate surface area is 136 Å². The van der Waals surface area contributed by atoms with E-state index in [0.717, 1.165) is 34.7 Å². The van der Waals surface area contributed by atoms with Crippen LogP contribution in [0, 0.1) is 6.92 Å². The van der Waals surface area contributed by atoms with Gasteiger partial charge in [-0.3, -0.25) is 0 Å². The lowest BCUT2D eigenvalue weighted by Gasteiger charge is -2.39. The Morgan fingerprint density at radius 2 is 2.00 bits per heavy atom. The van der Waals surface area contributed by atoms with Crippen molar-refractivity contribution >= 4 is 10.9 Å². The zero-order chi connectivity index (χ0) is 16.0. The van der Waals surface area contributed by atoms with E-state index < -0.39 is 0 Å². The molecule has 0 N–H and O–H groups in total. The highest BCUT2D eigenvalue weighted by molar-refractivity contribution is 5.81. The van der Waals surface area contributed by atoms with E-state index in [0.29, 0.717) is 5.41 Å². The summed E-state index contributed by atoms with van der Waals surface area (Å²) in [5, 5.41) is 5.73. The minimum atomic E-state index is 0.333. The van der Waals surface area contributed by atoms with Crippen LogP contribution in [0.3, 0.4) is 0 Å². The molecular weight excluding hydrogens is 284 g/mol. The molecule has 23 heavy (non-hydrogen) atoms. The van der Waals surface area contributed by atoms with Gasteiger partial charge in [0.2, 0.25) is 0 Å². The van der Waals surface area contributed by atoms with E-state index in [4.69, 9.17) is 0 Å². The lowest BCUT2D eigenvalue weighted by molar-refractivity contribution is 0.272. The molecule has 1 aliphatic rings. The summed E-state index contributed by atoms with van der Waals surface area (Å²) in [5.74, 6) is 1.73. The van der Waals surface area contributed by atoms with Crippen molar-refractivity contribution in [1.82, 2.24) is 19.7 Å². The second kappa shape index (κ2) is 5.15. The number of aryl methyl sites for hydroxylation is 2. The van der Waals surface area contributed by atoms with Gasteiger partial charge in [-0.1, -0.05) is 32.4 Å². The third-order valence-electron chi connectivity index (χ3n) is 5.15. The molecule has 0 saturated heterocycles. The second-order valence-corrected chi connectivity index (χ2v) is 6.88. The van der Waals surface area contributed by atoms with Crippen LogP contribution in [-0.2, 0) is 11.8 Å². The maximum atomic E-state index is 4.66. The van der Waals surface area contributed by atoms with Gasteiger partial charge < -0.3 is 0 Å².